The molecule has 4 aliphatic heterocycles. The lowest BCUT2D eigenvalue weighted by atomic mass is 9.59. The van der Waals surface area contributed by atoms with E-state index in [1.165, 1.54) is 12.8 Å². The van der Waals surface area contributed by atoms with Gasteiger partial charge in [-0.2, -0.15) is 0 Å². The molecule has 0 radical (unpaired) electrons. The van der Waals surface area contributed by atoms with Gasteiger partial charge in [-0.05, 0) is 98.2 Å². The third-order valence-corrected chi connectivity index (χ3v) is 16.0. The molecule has 5 aliphatic rings. The second kappa shape index (κ2) is 20.8. The molecule has 63 heavy (non-hydrogen) atoms. The highest BCUT2D eigenvalue weighted by Gasteiger charge is 2.48. The van der Waals surface area contributed by atoms with Crippen molar-refractivity contribution in [2.24, 2.45) is 46.3 Å². The summed E-state index contributed by atoms with van der Waals surface area (Å²) in [6.07, 6.45) is 9.58. The lowest BCUT2D eigenvalue weighted by Gasteiger charge is -2.48. The van der Waals surface area contributed by atoms with Crippen LogP contribution in [0.5, 0.6) is 0 Å². The Morgan fingerprint density at radius 3 is 2.06 bits per heavy atom. The smallest absolute Gasteiger partial charge is 0.329 e. The van der Waals surface area contributed by atoms with Gasteiger partial charge in [-0.3, -0.25) is 9.80 Å². The van der Waals surface area contributed by atoms with Gasteiger partial charge in [0.2, 0.25) is 0 Å². The molecule has 10 unspecified atom stereocenters. The predicted molar refractivity (Wildman–Crippen MR) is 259 cm³/mol. The van der Waals surface area contributed by atoms with Gasteiger partial charge in [-0.1, -0.05) is 115 Å². The fourth-order valence-corrected chi connectivity index (χ4v) is 11.8. The van der Waals surface area contributed by atoms with Crippen molar-refractivity contribution in [2.45, 2.75) is 177 Å². The number of rotatable bonds is 9. The SMILES string of the molecule is C=C1NC(C(C)C)C(=O)OC(C(C)C)C(NC(=C)C(C)C2(C)CCC(CC(C)C)C(CC)C2)C(=O)N2NCCCC2C(=C)N(C)CC(=C)N2NCCCC2C(=C)N2CCC(C)(C)C12. The fraction of sp³-hybridized carbons (Fsp3) is 0.769. The average molecular weight is 875 g/mol. The van der Waals surface area contributed by atoms with Crippen LogP contribution in [0.15, 0.2) is 61.4 Å². The molecule has 11 heteroatoms. The van der Waals surface area contributed by atoms with Crippen LogP contribution < -0.4 is 21.5 Å². The van der Waals surface area contributed by atoms with Crippen LogP contribution in [-0.2, 0) is 14.3 Å². The van der Waals surface area contributed by atoms with Crippen LogP contribution in [0.2, 0.25) is 0 Å². The van der Waals surface area contributed by atoms with E-state index in [1.54, 1.807) is 5.01 Å². The molecule has 356 valence electrons. The molecule has 4 heterocycles. The van der Waals surface area contributed by atoms with E-state index in [2.05, 4.69) is 104 Å². The molecule has 0 bridgehead atoms. The number of ether oxygens (including phenoxy) is 1. The van der Waals surface area contributed by atoms with E-state index in [0.717, 1.165) is 98.9 Å². The molecule has 0 aromatic rings. The second-order valence-electron chi connectivity index (χ2n) is 22.3. The maximum Gasteiger partial charge on any atom is 0.329 e. The van der Waals surface area contributed by atoms with E-state index in [-0.39, 0.29) is 52.6 Å². The van der Waals surface area contributed by atoms with Crippen molar-refractivity contribution in [3.8, 4) is 0 Å². The van der Waals surface area contributed by atoms with Crippen molar-refractivity contribution < 1.29 is 14.3 Å². The molecular formula is C52H90N8O3. The number of likely N-dealkylation sites (N-methyl/N-ethyl adjacent to an activating group) is 1. The molecule has 0 aromatic carbocycles. The highest BCUT2D eigenvalue weighted by atomic mass is 16.5. The van der Waals surface area contributed by atoms with Crippen LogP contribution in [0.4, 0.5) is 0 Å². The van der Waals surface area contributed by atoms with Crippen LogP contribution in [0.3, 0.4) is 0 Å². The molecule has 4 N–H and O–H groups in total. The number of hydrogen-bond donors (Lipinski definition) is 4. The summed E-state index contributed by atoms with van der Waals surface area (Å²) in [7, 11) is 2.04. The number of carbonyl (C=O) groups excluding carboxylic acids is 2. The van der Waals surface area contributed by atoms with Crippen molar-refractivity contribution in [3.05, 3.63) is 61.4 Å². The van der Waals surface area contributed by atoms with Crippen LogP contribution in [-0.4, -0.2) is 101 Å². The van der Waals surface area contributed by atoms with Gasteiger partial charge in [0.1, 0.15) is 18.2 Å². The Morgan fingerprint density at radius 2 is 1.48 bits per heavy atom. The minimum Gasteiger partial charge on any atom is -0.458 e. The summed E-state index contributed by atoms with van der Waals surface area (Å²) in [5.74, 6) is 1.23. The molecule has 0 spiro atoms. The van der Waals surface area contributed by atoms with Crippen LogP contribution >= 0.6 is 0 Å². The zero-order valence-electron chi connectivity index (χ0n) is 41.9. The van der Waals surface area contributed by atoms with Crippen molar-refractivity contribution in [1.82, 2.24) is 41.3 Å². The van der Waals surface area contributed by atoms with Gasteiger partial charge in [0, 0.05) is 61.1 Å². The predicted octanol–water partition coefficient (Wildman–Crippen LogP) is 8.72. The van der Waals surface area contributed by atoms with Gasteiger partial charge >= 0.3 is 5.97 Å². The monoisotopic (exact) mass is 875 g/mol. The van der Waals surface area contributed by atoms with Crippen LogP contribution in [0, 0.1) is 46.3 Å². The Labute approximate surface area is 383 Å². The van der Waals surface area contributed by atoms with Crippen molar-refractivity contribution >= 4 is 11.9 Å². The molecule has 10 atom stereocenters. The Morgan fingerprint density at radius 1 is 0.857 bits per heavy atom. The molecule has 5 fully saturated rings. The summed E-state index contributed by atoms with van der Waals surface area (Å²) >= 11 is 0. The first-order chi connectivity index (χ1) is 29.5. The normalized spacial score (nSPS) is 33.6. The number of fused-ring (bicyclic) bond motifs is 3. The summed E-state index contributed by atoms with van der Waals surface area (Å²) in [4.78, 5) is 34.9. The first kappa shape index (κ1) is 50.6. The van der Waals surface area contributed by atoms with E-state index >= 15 is 4.79 Å². The Balaban J connectivity index is 1.56. The number of nitrogens with zero attached hydrogens (tertiary/aromatic N) is 4. The topological polar surface area (TPSA) is 104 Å². The van der Waals surface area contributed by atoms with Crippen LogP contribution in [0.1, 0.15) is 140 Å². The number of hydrogen-bond acceptors (Lipinski definition) is 10. The number of carbonyl (C=O) groups is 2. The highest BCUT2D eigenvalue weighted by molar-refractivity contribution is 5.84. The summed E-state index contributed by atoms with van der Waals surface area (Å²) < 4.78 is 6.70. The summed E-state index contributed by atoms with van der Waals surface area (Å²) in [6.45, 7) is 50.6. The van der Waals surface area contributed by atoms with Crippen molar-refractivity contribution in [2.75, 3.05) is 33.2 Å². The lowest BCUT2D eigenvalue weighted by Crippen LogP contribution is -2.64. The summed E-state index contributed by atoms with van der Waals surface area (Å²) in [5, 5.41) is 11.3. The van der Waals surface area contributed by atoms with Gasteiger partial charge < -0.3 is 30.2 Å². The minimum absolute atomic E-state index is 0.00723. The first-order valence-electron chi connectivity index (χ1n) is 24.8. The molecular weight excluding hydrogens is 785 g/mol. The number of amides is 1. The first-order valence-corrected chi connectivity index (χ1v) is 24.8. The number of nitrogens with one attached hydrogen (secondary N) is 4. The molecule has 4 saturated heterocycles. The zero-order valence-corrected chi connectivity index (χ0v) is 41.9. The largest absolute Gasteiger partial charge is 0.458 e. The molecule has 1 aliphatic carbocycles. The number of allylic oxidation sites excluding steroid dienone is 1. The van der Waals surface area contributed by atoms with Gasteiger partial charge in [-0.25, -0.2) is 15.6 Å². The number of hydrazine groups is 2. The van der Waals surface area contributed by atoms with E-state index in [0.29, 0.717) is 24.9 Å². The van der Waals surface area contributed by atoms with Crippen molar-refractivity contribution in [3.63, 3.8) is 0 Å². The third-order valence-electron chi connectivity index (χ3n) is 16.0. The van der Waals surface area contributed by atoms with E-state index in [9.17, 15) is 4.79 Å². The van der Waals surface area contributed by atoms with Gasteiger partial charge in [0.25, 0.3) is 5.91 Å². The fourth-order valence-electron chi connectivity index (χ4n) is 11.8. The maximum absolute atomic E-state index is 15.5. The maximum atomic E-state index is 15.5. The Bertz CT molecular complexity index is 1690. The second-order valence-corrected chi connectivity index (χ2v) is 22.3. The molecule has 5 rings (SSSR count). The Hall–Kier alpha value is -3.44. The Kier molecular flexibility index (Phi) is 16.7. The van der Waals surface area contributed by atoms with E-state index < -0.39 is 24.2 Å². The average Bonchev–Trinajstić information content (AvgIpc) is 3.56. The van der Waals surface area contributed by atoms with Gasteiger partial charge in [-0.15, -0.1) is 0 Å². The van der Waals surface area contributed by atoms with E-state index in [1.807, 2.05) is 34.7 Å². The molecule has 11 nitrogen and oxygen atoms in total. The molecule has 1 saturated carbocycles. The van der Waals surface area contributed by atoms with Crippen LogP contribution in [0.25, 0.3) is 0 Å². The quantitative estimate of drug-likeness (QED) is 0.168. The zero-order chi connectivity index (χ0) is 46.7. The van der Waals surface area contributed by atoms with Crippen molar-refractivity contribution in [1.29, 1.82) is 0 Å². The number of cyclic esters (lactones) is 1. The third kappa shape index (κ3) is 11.2. The van der Waals surface area contributed by atoms with E-state index in [4.69, 9.17) is 17.9 Å². The number of esters is 1. The lowest BCUT2D eigenvalue weighted by molar-refractivity contribution is -0.161. The standard InChI is InChI=1S/C52H90N8O3/c1-18-41-30-52(16,24-23-42(41)29-32(2)3)36(9)37(10)55-46-47(34(6)7)63-50(62)45(33(4)5)56-38(11)48-51(14,15)25-28-58(48)40(13)44-22-20-26-53-59(44)35(8)31-57(17)39(12)43-21-19-27-54-60(43)49(46)61/h32-34,36,41-48,53-56H,8,10-13,18-31H2,1-7,9,14-17H3. The highest BCUT2D eigenvalue weighted by Crippen LogP contribution is 2.51. The van der Waals surface area contributed by atoms with Gasteiger partial charge in [0.15, 0.2) is 0 Å². The van der Waals surface area contributed by atoms with Gasteiger partial charge in [0.05, 0.1) is 24.7 Å². The summed E-state index contributed by atoms with van der Waals surface area (Å²) in [5.41, 5.74) is 11.3. The minimum atomic E-state index is -0.906. The molecule has 1 amide bonds. The molecule has 0 aromatic heterocycles. The summed E-state index contributed by atoms with van der Waals surface area (Å²) in [6, 6.07) is -2.06.